The van der Waals surface area contributed by atoms with Gasteiger partial charge in [-0.05, 0) is 59.0 Å². The first-order valence-electron chi connectivity index (χ1n) is 7.33. The number of halogens is 1. The van der Waals surface area contributed by atoms with Crippen molar-refractivity contribution < 1.29 is 19.1 Å². The number of carboxylic acids is 1. The van der Waals surface area contributed by atoms with E-state index in [2.05, 4.69) is 20.8 Å². The van der Waals surface area contributed by atoms with Gasteiger partial charge in [0.15, 0.2) is 0 Å². The van der Waals surface area contributed by atoms with Crippen LogP contribution in [0.25, 0.3) is 5.69 Å². The van der Waals surface area contributed by atoms with Gasteiger partial charge in [0.25, 0.3) is 0 Å². The Bertz CT molecular complexity index is 928. The number of thioether (sulfide) groups is 1. The number of aromatic nitrogens is 4. The van der Waals surface area contributed by atoms with E-state index >= 15 is 0 Å². The Morgan fingerprint density at radius 1 is 1.12 bits per heavy atom. The summed E-state index contributed by atoms with van der Waals surface area (Å²) in [4.78, 5) is 22.9. The molecule has 132 valence electrons. The minimum absolute atomic E-state index is 0.0466. The van der Waals surface area contributed by atoms with Crippen LogP contribution in [0.2, 0.25) is 0 Å². The first-order valence-corrected chi connectivity index (χ1v) is 8.32. The quantitative estimate of drug-likeness (QED) is 0.638. The third-order valence-corrected chi connectivity index (χ3v) is 4.18. The zero-order valence-electron chi connectivity index (χ0n) is 13.2. The lowest BCUT2D eigenvalue weighted by atomic mass is 10.2. The van der Waals surface area contributed by atoms with Crippen LogP contribution < -0.4 is 5.32 Å². The molecule has 3 rings (SSSR count). The maximum atomic E-state index is 12.9. The maximum absolute atomic E-state index is 12.9. The summed E-state index contributed by atoms with van der Waals surface area (Å²) in [5.74, 6) is -1.66. The molecule has 0 unspecified atom stereocenters. The molecule has 0 aliphatic rings. The Hall–Kier alpha value is -3.27. The Balaban J connectivity index is 1.64. The number of carbonyl (C=O) groups is 2. The van der Waals surface area contributed by atoms with Gasteiger partial charge in [-0.2, -0.15) is 4.68 Å². The normalized spacial score (nSPS) is 10.5. The molecular formula is C16H12FN5O3S. The zero-order valence-corrected chi connectivity index (χ0v) is 14.0. The smallest absolute Gasteiger partial charge is 0.335 e. The number of anilines is 1. The second-order valence-electron chi connectivity index (χ2n) is 5.07. The van der Waals surface area contributed by atoms with E-state index in [0.29, 0.717) is 16.5 Å². The maximum Gasteiger partial charge on any atom is 0.335 e. The molecule has 0 radical (unpaired) electrons. The number of rotatable bonds is 6. The van der Waals surface area contributed by atoms with Crippen molar-refractivity contribution in [3.63, 3.8) is 0 Å². The third-order valence-electron chi connectivity index (χ3n) is 3.26. The number of hydrogen-bond donors (Lipinski definition) is 2. The molecule has 0 aliphatic carbocycles. The van der Waals surface area contributed by atoms with Crippen molar-refractivity contribution in [1.29, 1.82) is 0 Å². The van der Waals surface area contributed by atoms with Gasteiger partial charge >= 0.3 is 5.97 Å². The minimum atomic E-state index is -1.03. The summed E-state index contributed by atoms with van der Waals surface area (Å²) in [7, 11) is 0. The summed E-state index contributed by atoms with van der Waals surface area (Å²) in [5, 5.41) is 23.2. The minimum Gasteiger partial charge on any atom is -0.478 e. The van der Waals surface area contributed by atoms with Crippen LogP contribution >= 0.6 is 11.8 Å². The highest BCUT2D eigenvalue weighted by Crippen LogP contribution is 2.19. The van der Waals surface area contributed by atoms with E-state index in [9.17, 15) is 14.0 Å². The molecule has 8 nitrogen and oxygen atoms in total. The number of carbonyl (C=O) groups excluding carboxylic acids is 1. The van der Waals surface area contributed by atoms with Crippen LogP contribution in [-0.4, -0.2) is 42.9 Å². The number of aromatic carboxylic acids is 1. The van der Waals surface area contributed by atoms with Crippen LogP contribution in [0.3, 0.4) is 0 Å². The zero-order chi connectivity index (χ0) is 18.5. The molecule has 10 heteroatoms. The van der Waals surface area contributed by atoms with Crippen LogP contribution in [0.4, 0.5) is 10.1 Å². The number of benzene rings is 2. The van der Waals surface area contributed by atoms with Crippen LogP contribution in [0.5, 0.6) is 0 Å². The highest BCUT2D eigenvalue weighted by Gasteiger charge is 2.12. The molecule has 0 saturated heterocycles. The van der Waals surface area contributed by atoms with E-state index in [0.717, 1.165) is 11.8 Å². The van der Waals surface area contributed by atoms with Gasteiger partial charge in [-0.15, -0.1) is 5.10 Å². The number of hydrogen-bond acceptors (Lipinski definition) is 6. The van der Waals surface area contributed by atoms with Gasteiger partial charge in [0.1, 0.15) is 5.82 Å². The van der Waals surface area contributed by atoms with E-state index in [1.807, 2.05) is 0 Å². The fourth-order valence-electron chi connectivity index (χ4n) is 2.04. The predicted molar refractivity (Wildman–Crippen MR) is 91.9 cm³/mol. The molecular weight excluding hydrogens is 361 g/mol. The highest BCUT2D eigenvalue weighted by molar-refractivity contribution is 7.99. The standard InChI is InChI=1S/C16H12FN5O3S/c17-11-3-5-12(6-4-11)18-14(23)9-26-16-19-20-21-22(16)13-7-1-10(2-8-13)15(24)25/h1-8H,9H2,(H,18,23)(H,24,25). The summed E-state index contributed by atoms with van der Waals surface area (Å²) < 4.78 is 14.3. The molecule has 1 aromatic heterocycles. The summed E-state index contributed by atoms with van der Waals surface area (Å²) >= 11 is 1.11. The average Bonchev–Trinajstić information content (AvgIpc) is 3.10. The Labute approximate surface area is 151 Å². The van der Waals surface area contributed by atoms with Gasteiger partial charge in [-0.25, -0.2) is 9.18 Å². The highest BCUT2D eigenvalue weighted by atomic mass is 32.2. The molecule has 3 aromatic rings. The molecule has 0 saturated carbocycles. The first kappa shape index (κ1) is 17.5. The number of nitrogens with zero attached hydrogens (tertiary/aromatic N) is 4. The van der Waals surface area contributed by atoms with Gasteiger partial charge in [0.2, 0.25) is 11.1 Å². The van der Waals surface area contributed by atoms with E-state index in [1.165, 1.54) is 41.1 Å². The van der Waals surface area contributed by atoms with Crippen molar-refractivity contribution >= 4 is 29.3 Å². The topological polar surface area (TPSA) is 110 Å². The lowest BCUT2D eigenvalue weighted by molar-refractivity contribution is -0.113. The van der Waals surface area contributed by atoms with Crippen molar-refractivity contribution in [2.75, 3.05) is 11.1 Å². The van der Waals surface area contributed by atoms with Gasteiger partial charge in [-0.1, -0.05) is 11.8 Å². The van der Waals surface area contributed by atoms with Gasteiger partial charge in [-0.3, -0.25) is 4.79 Å². The molecule has 1 heterocycles. The monoisotopic (exact) mass is 373 g/mol. The second-order valence-corrected chi connectivity index (χ2v) is 6.01. The molecule has 0 fully saturated rings. The molecule has 2 N–H and O–H groups in total. The lowest BCUT2D eigenvalue weighted by Crippen LogP contribution is -2.14. The van der Waals surface area contributed by atoms with Gasteiger partial charge in [0.05, 0.1) is 17.0 Å². The van der Waals surface area contributed by atoms with Crippen LogP contribution in [0.1, 0.15) is 10.4 Å². The first-order chi connectivity index (χ1) is 12.5. The van der Waals surface area contributed by atoms with Gasteiger partial charge < -0.3 is 10.4 Å². The van der Waals surface area contributed by atoms with Gasteiger partial charge in [0, 0.05) is 5.69 Å². The Morgan fingerprint density at radius 2 is 1.81 bits per heavy atom. The SMILES string of the molecule is O=C(CSc1nnnn1-c1ccc(C(=O)O)cc1)Nc1ccc(F)cc1. The molecule has 1 amide bonds. The van der Waals surface area contributed by atoms with E-state index in [-0.39, 0.29) is 23.0 Å². The number of carboxylic acid groups (broad SMARTS) is 1. The van der Waals surface area contributed by atoms with Crippen LogP contribution in [0, 0.1) is 5.82 Å². The third kappa shape index (κ3) is 4.22. The van der Waals surface area contributed by atoms with Crippen LogP contribution in [0.15, 0.2) is 53.7 Å². The number of amides is 1. The molecule has 0 aliphatic heterocycles. The summed E-state index contributed by atoms with van der Waals surface area (Å²) in [6.45, 7) is 0. The van der Waals surface area contributed by atoms with Crippen molar-refractivity contribution in [2.24, 2.45) is 0 Å². The molecule has 26 heavy (non-hydrogen) atoms. The number of tetrazole rings is 1. The fourth-order valence-corrected chi connectivity index (χ4v) is 2.73. The van der Waals surface area contributed by atoms with E-state index in [4.69, 9.17) is 5.11 Å². The second kappa shape index (κ2) is 7.74. The summed E-state index contributed by atoms with van der Waals surface area (Å²) in [5.41, 5.74) is 1.21. The lowest BCUT2D eigenvalue weighted by Gasteiger charge is -2.06. The fraction of sp³-hybridized carbons (Fsp3) is 0.0625. The molecule has 2 aromatic carbocycles. The Morgan fingerprint density at radius 3 is 2.46 bits per heavy atom. The summed E-state index contributed by atoms with van der Waals surface area (Å²) in [6.07, 6.45) is 0. The van der Waals surface area contributed by atoms with Crippen molar-refractivity contribution in [3.8, 4) is 5.69 Å². The van der Waals surface area contributed by atoms with Crippen molar-refractivity contribution in [3.05, 3.63) is 59.9 Å². The predicted octanol–water partition coefficient (Wildman–Crippen LogP) is 2.23. The summed E-state index contributed by atoms with van der Waals surface area (Å²) in [6, 6.07) is 11.5. The largest absolute Gasteiger partial charge is 0.478 e. The van der Waals surface area contributed by atoms with Crippen LogP contribution in [-0.2, 0) is 4.79 Å². The molecule has 0 spiro atoms. The number of nitrogens with one attached hydrogen (secondary N) is 1. The van der Waals surface area contributed by atoms with E-state index in [1.54, 1.807) is 12.1 Å². The molecule has 0 atom stereocenters. The van der Waals surface area contributed by atoms with E-state index < -0.39 is 5.97 Å². The molecule has 0 bridgehead atoms. The average molecular weight is 373 g/mol. The Kier molecular flexibility index (Phi) is 5.23. The van der Waals surface area contributed by atoms with Crippen molar-refractivity contribution in [2.45, 2.75) is 5.16 Å². The van der Waals surface area contributed by atoms with Crippen molar-refractivity contribution in [1.82, 2.24) is 20.2 Å².